The summed E-state index contributed by atoms with van der Waals surface area (Å²) in [4.78, 5) is 0. The van der Waals surface area contributed by atoms with Crippen molar-refractivity contribution in [3.05, 3.63) is 29.3 Å². The van der Waals surface area contributed by atoms with Crippen molar-refractivity contribution in [2.75, 3.05) is 0 Å². The summed E-state index contributed by atoms with van der Waals surface area (Å²) in [7, 11) is 0.00134. The molecule has 11 heavy (non-hydrogen) atoms. The summed E-state index contributed by atoms with van der Waals surface area (Å²) in [5, 5.41) is 17.3. The molecule has 0 aliphatic heterocycles. The maximum absolute atomic E-state index is 8.83. The number of hydrogen-bond donors (Lipinski definition) is 1. The zero-order chi connectivity index (χ0) is 8.27. The van der Waals surface area contributed by atoms with Crippen LogP contribution in [0.3, 0.4) is 0 Å². The van der Waals surface area contributed by atoms with Crippen molar-refractivity contribution in [1.29, 1.82) is 5.26 Å². The second-order valence-electron chi connectivity index (χ2n) is 2.41. The van der Waals surface area contributed by atoms with E-state index < -0.39 is 0 Å². The molecule has 0 aliphatic rings. The highest BCUT2D eigenvalue weighted by atomic mass is 16.2. The van der Waals surface area contributed by atoms with Crippen LogP contribution >= 0.6 is 0 Å². The van der Waals surface area contributed by atoms with Crippen molar-refractivity contribution < 1.29 is 5.02 Å². The zero-order valence-corrected chi connectivity index (χ0v) is 6.33. The van der Waals surface area contributed by atoms with E-state index in [-0.39, 0.29) is 7.48 Å². The molecule has 0 atom stereocenters. The van der Waals surface area contributed by atoms with Crippen molar-refractivity contribution in [3.63, 3.8) is 0 Å². The van der Waals surface area contributed by atoms with E-state index >= 15 is 0 Å². The molecule has 0 saturated heterocycles. The zero-order valence-electron chi connectivity index (χ0n) is 6.33. The van der Waals surface area contributed by atoms with Crippen LogP contribution in [0.15, 0.2) is 18.2 Å². The van der Waals surface area contributed by atoms with E-state index in [1.54, 1.807) is 12.1 Å². The fraction of sp³-hybridized carbons (Fsp3) is 0.125. The third-order valence-corrected chi connectivity index (χ3v) is 1.65. The first-order valence-electron chi connectivity index (χ1n) is 3.38. The van der Waals surface area contributed by atoms with E-state index in [4.69, 9.17) is 10.3 Å². The standard InChI is InChI=1S/C8H8BNO/c1-6-2-3-7(5-10)4-8(6)9-11/h2-4,9,11H,1H3. The summed E-state index contributed by atoms with van der Waals surface area (Å²) in [6.45, 7) is 1.91. The van der Waals surface area contributed by atoms with Crippen molar-refractivity contribution in [2.24, 2.45) is 0 Å². The molecular formula is C8H8BNO. The van der Waals surface area contributed by atoms with Gasteiger partial charge in [0.2, 0.25) is 0 Å². The van der Waals surface area contributed by atoms with E-state index in [2.05, 4.69) is 0 Å². The molecule has 2 nitrogen and oxygen atoms in total. The molecule has 1 rings (SSSR count). The Morgan fingerprint density at radius 1 is 1.55 bits per heavy atom. The van der Waals surface area contributed by atoms with Crippen LogP contribution < -0.4 is 5.46 Å². The molecule has 1 N–H and O–H groups in total. The van der Waals surface area contributed by atoms with E-state index in [0.29, 0.717) is 5.56 Å². The summed E-state index contributed by atoms with van der Waals surface area (Å²) in [6, 6.07) is 7.30. The van der Waals surface area contributed by atoms with E-state index in [9.17, 15) is 0 Å². The van der Waals surface area contributed by atoms with Gasteiger partial charge in [0.25, 0.3) is 0 Å². The molecule has 0 aliphatic carbocycles. The summed E-state index contributed by atoms with van der Waals surface area (Å²) >= 11 is 0. The molecule has 0 amide bonds. The SMILES string of the molecule is Cc1ccc(C#N)cc1BO. The van der Waals surface area contributed by atoms with Gasteiger partial charge in [0.1, 0.15) is 0 Å². The Morgan fingerprint density at radius 3 is 2.82 bits per heavy atom. The molecule has 0 aromatic heterocycles. The van der Waals surface area contributed by atoms with Gasteiger partial charge in [-0.25, -0.2) is 0 Å². The highest BCUT2D eigenvalue weighted by Crippen LogP contribution is 1.97. The third-order valence-electron chi connectivity index (χ3n) is 1.65. The summed E-state index contributed by atoms with van der Waals surface area (Å²) in [5.41, 5.74) is 2.44. The summed E-state index contributed by atoms with van der Waals surface area (Å²) in [5.74, 6) is 0. The van der Waals surface area contributed by atoms with E-state index in [1.165, 1.54) is 0 Å². The van der Waals surface area contributed by atoms with Crippen LogP contribution in [0, 0.1) is 18.3 Å². The first-order valence-corrected chi connectivity index (χ1v) is 3.38. The molecule has 3 heteroatoms. The average molecular weight is 145 g/mol. The van der Waals surface area contributed by atoms with Gasteiger partial charge >= 0.3 is 7.48 Å². The molecule has 54 valence electrons. The minimum Gasteiger partial charge on any atom is -0.449 e. The molecule has 0 saturated carbocycles. The lowest BCUT2D eigenvalue weighted by molar-refractivity contribution is 0.615. The van der Waals surface area contributed by atoms with Gasteiger partial charge < -0.3 is 5.02 Å². The highest BCUT2D eigenvalue weighted by Gasteiger charge is 1.98. The van der Waals surface area contributed by atoms with Crippen molar-refractivity contribution in [3.8, 4) is 6.07 Å². The van der Waals surface area contributed by atoms with E-state index in [0.717, 1.165) is 11.0 Å². The molecular weight excluding hydrogens is 137 g/mol. The van der Waals surface area contributed by atoms with Crippen molar-refractivity contribution in [1.82, 2.24) is 0 Å². The van der Waals surface area contributed by atoms with Gasteiger partial charge in [-0.05, 0) is 24.5 Å². The van der Waals surface area contributed by atoms with E-state index in [1.807, 2.05) is 19.1 Å². The Hall–Kier alpha value is -1.27. The van der Waals surface area contributed by atoms with Crippen LogP contribution in [0.25, 0.3) is 0 Å². The minimum absolute atomic E-state index is 0.00134. The largest absolute Gasteiger partial charge is 0.449 e. The molecule has 0 heterocycles. The van der Waals surface area contributed by atoms with Gasteiger partial charge in [0.05, 0.1) is 11.6 Å². The molecule has 1 aromatic carbocycles. The maximum Gasteiger partial charge on any atom is 0.305 e. The number of aryl methyl sites for hydroxylation is 1. The predicted octanol–water partition coefficient (Wildman–Crippen LogP) is -0.164. The molecule has 0 unspecified atom stereocenters. The van der Waals surface area contributed by atoms with Gasteiger partial charge in [-0.3, -0.25) is 0 Å². The van der Waals surface area contributed by atoms with Crippen LogP contribution in [0.1, 0.15) is 11.1 Å². The number of nitriles is 1. The molecule has 0 spiro atoms. The Morgan fingerprint density at radius 2 is 2.27 bits per heavy atom. The lowest BCUT2D eigenvalue weighted by atomic mass is 9.84. The van der Waals surface area contributed by atoms with Gasteiger partial charge in [0, 0.05) is 0 Å². The summed E-state index contributed by atoms with van der Waals surface area (Å²) < 4.78 is 0. The Bertz CT molecular complexity index is 303. The molecule has 0 radical (unpaired) electrons. The Balaban J connectivity index is 3.15. The monoisotopic (exact) mass is 145 g/mol. The van der Waals surface area contributed by atoms with Gasteiger partial charge in [0.15, 0.2) is 0 Å². The predicted molar refractivity (Wildman–Crippen MR) is 44.9 cm³/mol. The second-order valence-corrected chi connectivity index (χ2v) is 2.41. The molecule has 1 aromatic rings. The van der Waals surface area contributed by atoms with Crippen LogP contribution in [0.5, 0.6) is 0 Å². The smallest absolute Gasteiger partial charge is 0.305 e. The van der Waals surface area contributed by atoms with Crippen molar-refractivity contribution >= 4 is 12.9 Å². The minimum atomic E-state index is 0.00134. The normalized spacial score (nSPS) is 8.82. The molecule has 0 fully saturated rings. The topological polar surface area (TPSA) is 44.0 Å². The average Bonchev–Trinajstić information content (AvgIpc) is 2.05. The third kappa shape index (κ3) is 1.60. The number of rotatable bonds is 1. The lowest BCUT2D eigenvalue weighted by Gasteiger charge is -1.99. The van der Waals surface area contributed by atoms with Gasteiger partial charge in [-0.15, -0.1) is 0 Å². The number of benzene rings is 1. The molecule has 0 bridgehead atoms. The fourth-order valence-electron chi connectivity index (χ4n) is 0.911. The first kappa shape index (κ1) is 7.84. The number of hydrogen-bond acceptors (Lipinski definition) is 2. The quantitative estimate of drug-likeness (QED) is 0.557. The van der Waals surface area contributed by atoms with Crippen LogP contribution in [0.2, 0.25) is 0 Å². The highest BCUT2D eigenvalue weighted by molar-refractivity contribution is 6.46. The summed E-state index contributed by atoms with van der Waals surface area (Å²) in [6.07, 6.45) is 0. The Labute approximate surface area is 66.4 Å². The van der Waals surface area contributed by atoms with Gasteiger partial charge in [-0.2, -0.15) is 5.26 Å². The lowest BCUT2D eigenvalue weighted by Crippen LogP contribution is -2.17. The first-order chi connectivity index (χ1) is 5.27. The van der Waals surface area contributed by atoms with Crippen LogP contribution in [-0.4, -0.2) is 12.5 Å². The second kappa shape index (κ2) is 3.22. The van der Waals surface area contributed by atoms with Crippen LogP contribution in [-0.2, 0) is 0 Å². The maximum atomic E-state index is 8.83. The fourth-order valence-corrected chi connectivity index (χ4v) is 0.911. The van der Waals surface area contributed by atoms with Gasteiger partial charge in [-0.1, -0.05) is 11.6 Å². The Kier molecular flexibility index (Phi) is 2.30. The van der Waals surface area contributed by atoms with Crippen LogP contribution in [0.4, 0.5) is 0 Å². The number of nitrogens with zero attached hydrogens (tertiary/aromatic N) is 1. The van der Waals surface area contributed by atoms with Crippen molar-refractivity contribution in [2.45, 2.75) is 6.92 Å².